The van der Waals surface area contributed by atoms with Crippen molar-refractivity contribution in [2.24, 2.45) is 0 Å². The fraction of sp³-hybridized carbons (Fsp3) is 0.571. The summed E-state index contributed by atoms with van der Waals surface area (Å²) in [7, 11) is -9.10. The molecule has 0 aromatic carbocycles. The van der Waals surface area contributed by atoms with Crippen molar-refractivity contribution in [2.75, 3.05) is 25.5 Å². The Morgan fingerprint density at radius 1 is 0.682 bits per heavy atom. The van der Waals surface area contributed by atoms with Gasteiger partial charge in [-0.15, -0.1) is 0 Å². The molecule has 0 aromatic rings. The van der Waals surface area contributed by atoms with Crippen LogP contribution in [0.5, 0.6) is 0 Å². The third kappa shape index (κ3) is 21.0. The lowest BCUT2D eigenvalue weighted by Gasteiger charge is -2.14. The van der Waals surface area contributed by atoms with Crippen LogP contribution >= 0.6 is 15.2 Å². The first-order valence-corrected chi connectivity index (χ1v) is 8.69. The van der Waals surface area contributed by atoms with Gasteiger partial charge in [-0.05, 0) is 0 Å². The molecule has 0 unspecified atom stereocenters. The maximum absolute atomic E-state index is 10.1. The highest BCUT2D eigenvalue weighted by atomic mass is 31.2. The van der Waals surface area contributed by atoms with Crippen molar-refractivity contribution in [2.45, 2.75) is 0 Å². The van der Waals surface area contributed by atoms with E-state index in [0.717, 1.165) is 4.90 Å². The minimum atomic E-state index is -4.55. The van der Waals surface area contributed by atoms with Crippen molar-refractivity contribution in [1.29, 1.82) is 0 Å². The molecule has 0 bridgehead atoms. The van der Waals surface area contributed by atoms with Gasteiger partial charge in [-0.25, -0.2) is 0 Å². The number of hydrogen-bond donors (Lipinski definition) is 7. The van der Waals surface area contributed by atoms with Crippen molar-refractivity contribution in [1.82, 2.24) is 4.90 Å². The van der Waals surface area contributed by atoms with E-state index < -0.39 is 58.6 Å². The van der Waals surface area contributed by atoms with Gasteiger partial charge in [-0.1, -0.05) is 0 Å². The van der Waals surface area contributed by atoms with Gasteiger partial charge in [0.1, 0.15) is 0 Å². The van der Waals surface area contributed by atoms with E-state index in [0.29, 0.717) is 0 Å². The van der Waals surface area contributed by atoms with Crippen LogP contribution < -0.4 is 0 Å². The average molecular weight is 367 g/mol. The molecule has 0 aliphatic carbocycles. The first-order valence-electron chi connectivity index (χ1n) is 5.09. The van der Waals surface area contributed by atoms with E-state index in [1.165, 1.54) is 0 Å². The summed E-state index contributed by atoms with van der Waals surface area (Å²) in [6.07, 6.45) is 0. The van der Waals surface area contributed by atoms with E-state index >= 15 is 0 Å². The molecule has 0 aliphatic rings. The Labute approximate surface area is 123 Å². The molecule has 0 fully saturated rings. The van der Waals surface area contributed by atoms with Gasteiger partial charge in [0.15, 0.2) is 5.90 Å². The summed E-state index contributed by atoms with van der Waals surface area (Å²) in [6.45, 7) is -1.80. The lowest BCUT2D eigenvalue weighted by Crippen LogP contribution is -2.38. The normalized spacial score (nSPS) is 11.5. The van der Waals surface area contributed by atoms with E-state index in [2.05, 4.69) is 0 Å². The highest BCUT2D eigenvalue weighted by Crippen LogP contribution is 2.51. The Morgan fingerprint density at radius 2 is 0.909 bits per heavy atom. The fourth-order valence-corrected chi connectivity index (χ4v) is 2.90. The molecule has 0 heterocycles. The Bertz CT molecular complexity index is 434. The number of aliphatic carboxylic acids is 3. The summed E-state index contributed by atoms with van der Waals surface area (Å²) in [5.41, 5.74) is 0. The molecule has 0 saturated heterocycles. The summed E-state index contributed by atoms with van der Waals surface area (Å²) in [4.78, 5) is 63.1. The van der Waals surface area contributed by atoms with Gasteiger partial charge in [-0.3, -0.25) is 28.4 Å². The third-order valence-corrected chi connectivity index (χ3v) is 4.39. The topological polar surface area (TPSA) is 230 Å². The van der Waals surface area contributed by atoms with Crippen LogP contribution in [0.4, 0.5) is 0 Å². The van der Waals surface area contributed by atoms with Crippen molar-refractivity contribution in [3.05, 3.63) is 0 Å². The Morgan fingerprint density at radius 3 is 1.00 bits per heavy atom. The van der Waals surface area contributed by atoms with Crippen LogP contribution in [0.15, 0.2) is 0 Å². The highest BCUT2D eigenvalue weighted by Gasteiger charge is 2.26. The van der Waals surface area contributed by atoms with Crippen LogP contribution in [0.25, 0.3) is 0 Å². The van der Waals surface area contributed by atoms with Crippen molar-refractivity contribution in [3.63, 3.8) is 0 Å². The van der Waals surface area contributed by atoms with Crippen LogP contribution in [0.1, 0.15) is 0 Å². The summed E-state index contributed by atoms with van der Waals surface area (Å²) in [6, 6.07) is 0. The molecule has 130 valence electrons. The summed E-state index contributed by atoms with van der Waals surface area (Å²) in [5, 5.41) is 24.8. The predicted molar refractivity (Wildman–Crippen MR) is 68.3 cm³/mol. The number of rotatable bonds is 8. The molecule has 13 nitrogen and oxygen atoms in total. The van der Waals surface area contributed by atoms with E-state index in [4.69, 9.17) is 34.9 Å². The fourth-order valence-electron chi connectivity index (χ4n) is 0.982. The van der Waals surface area contributed by atoms with E-state index in [9.17, 15) is 23.5 Å². The summed E-state index contributed by atoms with van der Waals surface area (Å²) >= 11 is 0. The van der Waals surface area contributed by atoms with Gasteiger partial charge in [0.2, 0.25) is 0 Å². The second kappa shape index (κ2) is 9.64. The molecule has 0 atom stereocenters. The molecule has 7 N–H and O–H groups in total. The van der Waals surface area contributed by atoms with E-state index in [-0.39, 0.29) is 0 Å². The van der Waals surface area contributed by atoms with Crippen LogP contribution in [-0.4, -0.2) is 83.2 Å². The average Bonchev–Trinajstić information content (AvgIpc) is 2.07. The largest absolute Gasteiger partial charge is 0.480 e. The smallest absolute Gasteiger partial charge is 0.337 e. The lowest BCUT2D eigenvalue weighted by molar-refractivity contribution is -0.144. The standard InChI is InChI=1S/C6H9NO6.CH6O6P2/c8-4(9)1-7(2-5(10)11)3-6(12)13;2-8(3,4)1-9(5,6)7/h1-3H2,(H,8,9)(H,10,11)(H,12,13);1H2,(H2,2,3,4)(H2,5,6,7). The molecule has 0 spiro atoms. The van der Waals surface area contributed by atoms with Crippen LogP contribution in [0.2, 0.25) is 0 Å². The van der Waals surface area contributed by atoms with E-state index in [1.807, 2.05) is 0 Å². The number of hydrogen-bond acceptors (Lipinski definition) is 6. The first-order chi connectivity index (χ1) is 9.62. The third-order valence-electron chi connectivity index (χ3n) is 1.45. The minimum absolute atomic E-state index is 0.599. The molecule has 0 saturated carbocycles. The number of carbonyl (C=O) groups is 3. The molecule has 0 amide bonds. The van der Waals surface area contributed by atoms with Crippen molar-refractivity contribution < 1.29 is 58.4 Å². The van der Waals surface area contributed by atoms with Gasteiger partial charge in [0, 0.05) is 0 Å². The maximum atomic E-state index is 10.1. The Balaban J connectivity index is 0. The van der Waals surface area contributed by atoms with Gasteiger partial charge < -0.3 is 34.9 Å². The Kier molecular flexibility index (Phi) is 10.1. The molecule has 0 aliphatic heterocycles. The molecular formula is C7H15NO12P2. The van der Waals surface area contributed by atoms with Gasteiger partial charge >= 0.3 is 33.1 Å². The quantitative estimate of drug-likeness (QED) is 0.227. The summed E-state index contributed by atoms with van der Waals surface area (Å²) < 4.78 is 19.7. The van der Waals surface area contributed by atoms with Gasteiger partial charge in [0.05, 0.1) is 19.6 Å². The molecule has 22 heavy (non-hydrogen) atoms. The lowest BCUT2D eigenvalue weighted by atomic mass is 10.4. The molecule has 15 heteroatoms. The minimum Gasteiger partial charge on any atom is -0.480 e. The first kappa shape index (κ1) is 22.9. The van der Waals surface area contributed by atoms with Crippen LogP contribution in [0, 0.1) is 0 Å². The number of nitrogens with zero attached hydrogens (tertiary/aromatic N) is 1. The summed E-state index contributed by atoms with van der Waals surface area (Å²) in [5.74, 6) is -5.16. The second-order valence-electron chi connectivity index (χ2n) is 3.80. The van der Waals surface area contributed by atoms with Crippen LogP contribution in [0.3, 0.4) is 0 Å². The predicted octanol–water partition coefficient (Wildman–Crippen LogP) is -2.16. The van der Waals surface area contributed by atoms with Crippen molar-refractivity contribution in [3.8, 4) is 0 Å². The Hall–Kier alpha value is -1.33. The van der Waals surface area contributed by atoms with E-state index in [1.54, 1.807) is 0 Å². The maximum Gasteiger partial charge on any atom is 0.337 e. The van der Waals surface area contributed by atoms with Crippen molar-refractivity contribution >= 4 is 33.1 Å². The second-order valence-corrected chi connectivity index (χ2v) is 7.59. The highest BCUT2D eigenvalue weighted by molar-refractivity contribution is 7.69. The number of carboxylic acids is 3. The number of carboxylic acid groups (broad SMARTS) is 3. The monoisotopic (exact) mass is 367 g/mol. The van der Waals surface area contributed by atoms with Gasteiger partial charge in [0.25, 0.3) is 0 Å². The zero-order valence-electron chi connectivity index (χ0n) is 10.8. The SMILES string of the molecule is O=C(O)CN(CC(=O)O)CC(=O)O.O=P(O)(O)CP(=O)(O)O. The zero-order valence-corrected chi connectivity index (χ0v) is 12.6. The van der Waals surface area contributed by atoms with Gasteiger partial charge in [-0.2, -0.15) is 0 Å². The molecule has 0 rings (SSSR count). The van der Waals surface area contributed by atoms with Crippen LogP contribution in [-0.2, 0) is 23.5 Å². The molecular weight excluding hydrogens is 352 g/mol. The zero-order chi connectivity index (χ0) is 18.1. The molecule has 0 aromatic heterocycles. The molecule has 0 radical (unpaired) electrons.